The van der Waals surface area contributed by atoms with Crippen LogP contribution in [0.2, 0.25) is 0 Å². The van der Waals surface area contributed by atoms with E-state index >= 15 is 0 Å². The van der Waals surface area contributed by atoms with E-state index in [1.807, 2.05) is 0 Å². The van der Waals surface area contributed by atoms with E-state index in [4.69, 9.17) is 0 Å². The van der Waals surface area contributed by atoms with Crippen LogP contribution in [-0.4, -0.2) is 61.8 Å². The molecule has 0 spiro atoms. The Morgan fingerprint density at radius 1 is 0.815 bits per heavy atom. The SMILES string of the molecule is CCCC[N+](CC)(CCCC)CC[N+]1(C)CC2C3C=CC(CC3)C2C1.[I-].[I-]. The minimum atomic E-state index is 0. The van der Waals surface area contributed by atoms with Gasteiger partial charge in [0.05, 0.1) is 39.8 Å². The van der Waals surface area contributed by atoms with Gasteiger partial charge in [-0.2, -0.15) is 0 Å². The molecule has 3 aliphatic carbocycles. The fraction of sp³-hybridized carbons (Fsp3) is 0.913. The molecule has 0 amide bonds. The molecular formula is C23H44I2N2. The third-order valence-electron chi connectivity index (χ3n) is 8.15. The summed E-state index contributed by atoms with van der Waals surface area (Å²) >= 11 is 0. The second kappa shape index (κ2) is 11.5. The first kappa shape index (κ1) is 26.2. The second-order valence-electron chi connectivity index (χ2n) is 9.86. The topological polar surface area (TPSA) is 0 Å². The van der Waals surface area contributed by atoms with Gasteiger partial charge in [-0.15, -0.1) is 0 Å². The first-order chi connectivity index (χ1) is 12.0. The smallest absolute Gasteiger partial charge is 0.128 e. The summed E-state index contributed by atoms with van der Waals surface area (Å²) in [6.07, 6.45) is 13.6. The lowest BCUT2D eigenvalue weighted by molar-refractivity contribution is -0.969. The molecule has 4 atom stereocenters. The number of nitrogens with zero attached hydrogens (tertiary/aromatic N) is 2. The Balaban J connectivity index is 0.00000182. The first-order valence-corrected chi connectivity index (χ1v) is 11.4. The molecule has 4 unspecified atom stereocenters. The van der Waals surface area contributed by atoms with Crippen LogP contribution in [0.4, 0.5) is 0 Å². The van der Waals surface area contributed by atoms with Crippen molar-refractivity contribution < 1.29 is 56.9 Å². The summed E-state index contributed by atoms with van der Waals surface area (Å²) in [5.74, 6) is 3.84. The highest BCUT2D eigenvalue weighted by molar-refractivity contribution is 5.10. The Morgan fingerprint density at radius 3 is 1.67 bits per heavy atom. The molecule has 2 bridgehead atoms. The zero-order valence-corrected chi connectivity index (χ0v) is 22.6. The van der Waals surface area contributed by atoms with E-state index in [9.17, 15) is 0 Å². The quantitative estimate of drug-likeness (QED) is 0.166. The third-order valence-corrected chi connectivity index (χ3v) is 8.15. The average Bonchev–Trinajstić information content (AvgIpc) is 3.02. The Labute approximate surface area is 203 Å². The standard InChI is InChI=1S/C23H44N2.2HI/c1-5-8-14-25(7-3,15-9-6-2)17-16-24(4)18-22-20-10-11-21(13-12-20)23(22)19-24;;/h10-11,20-23H,5-9,12-19H2,1-4H3;2*1H/q+2;;/p-2. The number of quaternary nitrogens is 2. The average molecular weight is 602 g/mol. The highest BCUT2D eigenvalue weighted by Gasteiger charge is 2.52. The lowest BCUT2D eigenvalue weighted by Gasteiger charge is -2.41. The predicted molar refractivity (Wildman–Crippen MR) is 108 cm³/mol. The maximum Gasteiger partial charge on any atom is 0.128 e. The van der Waals surface area contributed by atoms with E-state index in [0.29, 0.717) is 0 Å². The first-order valence-electron chi connectivity index (χ1n) is 11.4. The number of hydrogen-bond acceptors (Lipinski definition) is 0. The van der Waals surface area contributed by atoms with Crippen molar-refractivity contribution in [2.75, 3.05) is 52.9 Å². The lowest BCUT2D eigenvalue weighted by Crippen LogP contribution is -3.00. The molecule has 1 aliphatic heterocycles. The Morgan fingerprint density at radius 2 is 1.30 bits per heavy atom. The van der Waals surface area contributed by atoms with Gasteiger partial charge in [-0.1, -0.05) is 38.8 Å². The van der Waals surface area contributed by atoms with E-state index in [1.165, 1.54) is 93.3 Å². The molecule has 0 aromatic carbocycles. The predicted octanol–water partition coefficient (Wildman–Crippen LogP) is -1.28. The van der Waals surface area contributed by atoms with Gasteiger partial charge >= 0.3 is 0 Å². The third kappa shape index (κ3) is 6.06. The van der Waals surface area contributed by atoms with Crippen LogP contribution in [0.3, 0.4) is 0 Å². The van der Waals surface area contributed by atoms with Crippen molar-refractivity contribution in [3.8, 4) is 0 Å². The molecule has 0 aromatic heterocycles. The van der Waals surface area contributed by atoms with Gasteiger partial charge in [-0.3, -0.25) is 0 Å². The van der Waals surface area contributed by atoms with Gasteiger partial charge < -0.3 is 56.9 Å². The van der Waals surface area contributed by atoms with Crippen molar-refractivity contribution in [2.24, 2.45) is 23.7 Å². The van der Waals surface area contributed by atoms with E-state index in [1.54, 1.807) is 0 Å². The minimum Gasteiger partial charge on any atom is -1.00 e. The molecule has 160 valence electrons. The van der Waals surface area contributed by atoms with Gasteiger partial charge in [-0.05, 0) is 44.4 Å². The molecule has 2 fully saturated rings. The van der Waals surface area contributed by atoms with Crippen molar-refractivity contribution >= 4 is 0 Å². The highest BCUT2D eigenvalue weighted by atomic mass is 127. The van der Waals surface area contributed by atoms with Crippen molar-refractivity contribution in [1.29, 1.82) is 0 Å². The summed E-state index contributed by atoms with van der Waals surface area (Å²) < 4.78 is 2.75. The van der Waals surface area contributed by atoms with Gasteiger partial charge in [0.2, 0.25) is 0 Å². The van der Waals surface area contributed by atoms with Crippen molar-refractivity contribution in [3.05, 3.63) is 12.2 Å². The fourth-order valence-electron chi connectivity index (χ4n) is 6.28. The van der Waals surface area contributed by atoms with Gasteiger partial charge in [0, 0.05) is 11.8 Å². The van der Waals surface area contributed by atoms with E-state index in [0.717, 1.165) is 23.7 Å². The zero-order chi connectivity index (χ0) is 17.9. The van der Waals surface area contributed by atoms with Crippen LogP contribution in [-0.2, 0) is 0 Å². The number of unbranched alkanes of at least 4 members (excludes halogenated alkanes) is 2. The van der Waals surface area contributed by atoms with Crippen LogP contribution in [0.1, 0.15) is 59.3 Å². The lowest BCUT2D eigenvalue weighted by atomic mass is 9.64. The molecule has 27 heavy (non-hydrogen) atoms. The largest absolute Gasteiger partial charge is 1.00 e. The monoisotopic (exact) mass is 602 g/mol. The molecule has 1 heterocycles. The number of halogens is 2. The maximum atomic E-state index is 2.59. The Kier molecular flexibility index (Phi) is 11.1. The van der Waals surface area contributed by atoms with Crippen molar-refractivity contribution in [2.45, 2.75) is 59.3 Å². The molecule has 0 N–H and O–H groups in total. The summed E-state index contributed by atoms with van der Waals surface area (Å²) in [6, 6.07) is 0. The molecular weight excluding hydrogens is 558 g/mol. The van der Waals surface area contributed by atoms with Crippen LogP contribution in [0, 0.1) is 23.7 Å². The summed E-state index contributed by atoms with van der Waals surface area (Å²) in [4.78, 5) is 0. The van der Waals surface area contributed by atoms with Gasteiger partial charge in [0.25, 0.3) is 0 Å². The molecule has 0 aromatic rings. The number of hydrogen-bond donors (Lipinski definition) is 0. The summed E-state index contributed by atoms with van der Waals surface area (Å²) in [5.41, 5.74) is 0. The van der Waals surface area contributed by atoms with Crippen LogP contribution in [0.5, 0.6) is 0 Å². The number of likely N-dealkylation sites (tertiary alicyclic amines) is 1. The molecule has 4 heteroatoms. The number of likely N-dealkylation sites (N-methyl/N-ethyl adjacent to an activating group) is 2. The molecule has 1 saturated heterocycles. The minimum absolute atomic E-state index is 0. The molecule has 4 rings (SSSR count). The molecule has 4 aliphatic rings. The molecule has 1 saturated carbocycles. The van der Waals surface area contributed by atoms with Crippen LogP contribution in [0.25, 0.3) is 0 Å². The zero-order valence-electron chi connectivity index (χ0n) is 18.3. The number of allylic oxidation sites excluding steroid dienone is 2. The Bertz CT molecular complexity index is 435. The van der Waals surface area contributed by atoms with Crippen molar-refractivity contribution in [1.82, 2.24) is 0 Å². The number of fused-ring (bicyclic) bond motifs is 1. The van der Waals surface area contributed by atoms with Crippen molar-refractivity contribution in [3.63, 3.8) is 0 Å². The Hall–Kier alpha value is 1.12. The second-order valence-corrected chi connectivity index (χ2v) is 9.86. The fourth-order valence-corrected chi connectivity index (χ4v) is 6.28. The summed E-state index contributed by atoms with van der Waals surface area (Å²) in [6.45, 7) is 17.0. The summed E-state index contributed by atoms with van der Waals surface area (Å²) in [7, 11) is 2.59. The van der Waals surface area contributed by atoms with Gasteiger partial charge in [-0.25, -0.2) is 0 Å². The number of rotatable bonds is 10. The maximum absolute atomic E-state index is 2.59. The van der Waals surface area contributed by atoms with E-state index in [-0.39, 0.29) is 48.0 Å². The van der Waals surface area contributed by atoms with Gasteiger partial charge in [0.15, 0.2) is 0 Å². The van der Waals surface area contributed by atoms with Crippen LogP contribution in [0.15, 0.2) is 12.2 Å². The normalized spacial score (nSPS) is 34.1. The van der Waals surface area contributed by atoms with Crippen LogP contribution < -0.4 is 48.0 Å². The van der Waals surface area contributed by atoms with Gasteiger partial charge in [0.1, 0.15) is 13.1 Å². The van der Waals surface area contributed by atoms with Crippen LogP contribution >= 0.6 is 0 Å². The van der Waals surface area contributed by atoms with E-state index in [2.05, 4.69) is 40.0 Å². The van der Waals surface area contributed by atoms with E-state index < -0.39 is 0 Å². The molecule has 0 radical (unpaired) electrons. The molecule has 2 nitrogen and oxygen atoms in total. The summed E-state index contributed by atoms with van der Waals surface area (Å²) in [5, 5.41) is 0. The highest BCUT2D eigenvalue weighted by Crippen LogP contribution is 2.49.